The van der Waals surface area contributed by atoms with Crippen LogP contribution in [0.5, 0.6) is 0 Å². The smallest absolute Gasteiger partial charge is 0.254 e. The summed E-state index contributed by atoms with van der Waals surface area (Å²) in [5.74, 6) is -1.18. The Labute approximate surface area is 123 Å². The lowest BCUT2D eigenvalue weighted by atomic mass is 9.89. The lowest BCUT2D eigenvalue weighted by Gasteiger charge is -2.36. The van der Waals surface area contributed by atoms with Gasteiger partial charge in [-0.25, -0.2) is 0 Å². The summed E-state index contributed by atoms with van der Waals surface area (Å²) in [6, 6.07) is 16.6. The molecule has 2 aromatic rings. The second kappa shape index (κ2) is 5.68. The third-order valence-corrected chi connectivity index (χ3v) is 3.86. The molecule has 0 aromatic heterocycles. The van der Waals surface area contributed by atoms with E-state index in [1.165, 1.54) is 0 Å². The van der Waals surface area contributed by atoms with Gasteiger partial charge in [-0.15, -0.1) is 0 Å². The van der Waals surface area contributed by atoms with Crippen LogP contribution in [0.25, 0.3) is 0 Å². The molecule has 0 unspecified atom stereocenters. The molecular weight excluding hydrogens is 266 g/mol. The molecule has 0 amide bonds. The minimum atomic E-state index is -1.18. The van der Waals surface area contributed by atoms with Gasteiger partial charge in [0.1, 0.15) is 0 Å². The maximum absolute atomic E-state index is 11.5. The first-order valence-corrected chi connectivity index (χ1v) is 7.09. The van der Waals surface area contributed by atoms with Crippen molar-refractivity contribution in [1.29, 1.82) is 0 Å². The van der Waals surface area contributed by atoms with Gasteiger partial charge < -0.3 is 20.0 Å². The van der Waals surface area contributed by atoms with Gasteiger partial charge in [0.25, 0.3) is 5.72 Å². The number of carbonyl (C=O) groups excluding carboxylic acids is 1. The van der Waals surface area contributed by atoms with Crippen LogP contribution in [0, 0.1) is 0 Å². The first-order valence-electron chi connectivity index (χ1n) is 7.09. The predicted octanol–water partition coefficient (Wildman–Crippen LogP) is 0.235. The van der Waals surface area contributed by atoms with E-state index < -0.39 is 11.7 Å². The Hall–Kier alpha value is -2.17. The van der Waals surface area contributed by atoms with Crippen molar-refractivity contribution in [3.63, 3.8) is 0 Å². The van der Waals surface area contributed by atoms with Crippen molar-refractivity contribution >= 4 is 5.97 Å². The molecule has 1 heterocycles. The van der Waals surface area contributed by atoms with E-state index in [1.807, 2.05) is 36.4 Å². The van der Waals surface area contributed by atoms with Gasteiger partial charge >= 0.3 is 0 Å². The fourth-order valence-corrected chi connectivity index (χ4v) is 2.90. The van der Waals surface area contributed by atoms with Crippen LogP contribution in [0.3, 0.4) is 0 Å². The average molecular weight is 283 g/mol. The Bertz CT molecular complexity index is 633. The third-order valence-electron chi connectivity index (χ3n) is 3.86. The average Bonchev–Trinajstić information content (AvgIpc) is 2.56. The van der Waals surface area contributed by atoms with Crippen molar-refractivity contribution < 1.29 is 20.0 Å². The normalized spacial score (nSPS) is 21.9. The molecule has 1 aliphatic heterocycles. The zero-order valence-corrected chi connectivity index (χ0v) is 11.6. The van der Waals surface area contributed by atoms with Crippen molar-refractivity contribution in [3.05, 3.63) is 71.3 Å². The summed E-state index contributed by atoms with van der Waals surface area (Å²) in [4.78, 5) is 11.5. The molecule has 3 rings (SSSR count). The van der Waals surface area contributed by atoms with Gasteiger partial charge in [-0.3, -0.25) is 0 Å². The summed E-state index contributed by atoms with van der Waals surface area (Å²) in [7, 11) is 0. The minimum Gasteiger partial charge on any atom is -0.545 e. The lowest BCUT2D eigenvalue weighted by Crippen LogP contribution is -2.97. The molecule has 0 bridgehead atoms. The summed E-state index contributed by atoms with van der Waals surface area (Å²) in [5.41, 5.74) is 0.949. The molecule has 0 spiro atoms. The molecular formula is C17H17NO3. The van der Waals surface area contributed by atoms with Gasteiger partial charge in [-0.1, -0.05) is 36.4 Å². The van der Waals surface area contributed by atoms with E-state index in [9.17, 15) is 9.90 Å². The Balaban J connectivity index is 2.19. The van der Waals surface area contributed by atoms with Crippen LogP contribution in [-0.4, -0.2) is 19.1 Å². The lowest BCUT2D eigenvalue weighted by molar-refractivity contribution is -0.782. The topological polar surface area (TPSA) is 66.0 Å². The van der Waals surface area contributed by atoms with E-state index in [-0.39, 0.29) is 5.56 Å². The molecule has 0 saturated carbocycles. The van der Waals surface area contributed by atoms with Crippen LogP contribution in [-0.2, 0) is 10.5 Å². The first-order chi connectivity index (χ1) is 10.2. The molecule has 2 N–H and O–H groups in total. The van der Waals surface area contributed by atoms with Crippen molar-refractivity contribution in [2.24, 2.45) is 0 Å². The standard InChI is InChI=1S/C17H17NO3/c19-16(20)14-9-4-5-10-15(14)17(18-11-6-12-21-17)13-7-2-1-3-8-13/h1-5,7-10,18H,6,11-12H2,(H,19,20)/t17-/m0/s1. The van der Waals surface area contributed by atoms with E-state index >= 15 is 0 Å². The number of quaternary nitrogens is 1. The monoisotopic (exact) mass is 283 g/mol. The van der Waals surface area contributed by atoms with Crippen LogP contribution in [0.4, 0.5) is 0 Å². The SMILES string of the molecule is O=C([O-])c1ccccc1[C@@]1(c2ccccc2)[NH2+]CCCO1. The highest BCUT2D eigenvalue weighted by molar-refractivity contribution is 5.88. The zero-order valence-electron chi connectivity index (χ0n) is 11.6. The van der Waals surface area contributed by atoms with Crippen molar-refractivity contribution in [2.45, 2.75) is 12.1 Å². The number of carboxylic acids is 1. The van der Waals surface area contributed by atoms with Gasteiger partial charge in [-0.2, -0.15) is 0 Å². The van der Waals surface area contributed by atoms with Gasteiger partial charge in [0.05, 0.1) is 24.7 Å². The van der Waals surface area contributed by atoms with E-state index in [2.05, 4.69) is 5.32 Å². The molecule has 1 saturated heterocycles. The number of rotatable bonds is 3. The fraction of sp³-hybridized carbons (Fsp3) is 0.235. The van der Waals surface area contributed by atoms with Crippen molar-refractivity contribution in [1.82, 2.24) is 0 Å². The number of hydrogen-bond donors (Lipinski definition) is 1. The maximum atomic E-state index is 11.5. The minimum absolute atomic E-state index is 0.180. The molecule has 1 atom stereocenters. The second-order valence-electron chi connectivity index (χ2n) is 5.13. The highest BCUT2D eigenvalue weighted by Crippen LogP contribution is 2.31. The number of hydrogen-bond acceptors (Lipinski definition) is 3. The molecule has 4 heteroatoms. The highest BCUT2D eigenvalue weighted by atomic mass is 16.5. The Morgan fingerprint density at radius 2 is 1.81 bits per heavy atom. The molecule has 4 nitrogen and oxygen atoms in total. The van der Waals surface area contributed by atoms with Crippen LogP contribution < -0.4 is 10.4 Å². The molecule has 1 fully saturated rings. The van der Waals surface area contributed by atoms with E-state index in [4.69, 9.17) is 4.74 Å². The van der Waals surface area contributed by atoms with E-state index in [0.717, 1.165) is 18.5 Å². The Kier molecular flexibility index (Phi) is 3.73. The summed E-state index contributed by atoms with van der Waals surface area (Å²) >= 11 is 0. The number of nitrogens with two attached hydrogens (primary N) is 1. The maximum Gasteiger partial charge on any atom is 0.254 e. The van der Waals surface area contributed by atoms with Crippen LogP contribution in [0.1, 0.15) is 27.9 Å². The molecule has 21 heavy (non-hydrogen) atoms. The van der Waals surface area contributed by atoms with E-state index in [1.54, 1.807) is 18.2 Å². The second-order valence-corrected chi connectivity index (χ2v) is 5.13. The van der Waals surface area contributed by atoms with Crippen LogP contribution in [0.2, 0.25) is 0 Å². The quantitative estimate of drug-likeness (QED) is 0.877. The van der Waals surface area contributed by atoms with Crippen LogP contribution in [0.15, 0.2) is 54.6 Å². The van der Waals surface area contributed by atoms with Gasteiger partial charge in [-0.05, 0) is 18.2 Å². The molecule has 108 valence electrons. The largest absolute Gasteiger partial charge is 0.545 e. The number of carbonyl (C=O) groups is 1. The summed E-state index contributed by atoms with van der Waals surface area (Å²) in [6.07, 6.45) is 0.946. The predicted molar refractivity (Wildman–Crippen MR) is 75.4 cm³/mol. The van der Waals surface area contributed by atoms with E-state index in [0.29, 0.717) is 12.2 Å². The fourth-order valence-electron chi connectivity index (χ4n) is 2.90. The Morgan fingerprint density at radius 1 is 1.10 bits per heavy atom. The zero-order chi connectivity index (χ0) is 14.7. The van der Waals surface area contributed by atoms with Crippen LogP contribution >= 0.6 is 0 Å². The van der Waals surface area contributed by atoms with Crippen molar-refractivity contribution in [2.75, 3.05) is 13.2 Å². The summed E-state index contributed by atoms with van der Waals surface area (Å²) in [5, 5.41) is 13.5. The Morgan fingerprint density at radius 3 is 2.48 bits per heavy atom. The molecule has 0 radical (unpaired) electrons. The first kappa shape index (κ1) is 13.8. The summed E-state index contributed by atoms with van der Waals surface area (Å²) < 4.78 is 6.08. The number of ether oxygens (including phenoxy) is 1. The highest BCUT2D eigenvalue weighted by Gasteiger charge is 2.43. The molecule has 2 aromatic carbocycles. The number of aromatic carboxylic acids is 1. The summed E-state index contributed by atoms with van der Waals surface area (Å²) in [6.45, 7) is 1.49. The van der Waals surface area contributed by atoms with Gasteiger partial charge in [0.2, 0.25) is 0 Å². The third kappa shape index (κ3) is 2.44. The molecule has 1 aliphatic rings. The van der Waals surface area contributed by atoms with Gasteiger partial charge in [0, 0.05) is 17.5 Å². The van der Waals surface area contributed by atoms with Crippen molar-refractivity contribution in [3.8, 4) is 0 Å². The molecule has 0 aliphatic carbocycles. The van der Waals surface area contributed by atoms with Gasteiger partial charge in [0.15, 0.2) is 0 Å². The number of benzene rings is 2. The number of carboxylic acid groups (broad SMARTS) is 1.